The third-order valence-electron chi connectivity index (χ3n) is 4.89. The van der Waals surface area contributed by atoms with Gasteiger partial charge in [0.05, 0.1) is 11.5 Å². The maximum Gasteiger partial charge on any atom is 0.253 e. The summed E-state index contributed by atoms with van der Waals surface area (Å²) in [5.74, 6) is 0.238. The van der Waals surface area contributed by atoms with Crippen molar-refractivity contribution in [3.63, 3.8) is 0 Å². The molecule has 0 aliphatic carbocycles. The van der Waals surface area contributed by atoms with Crippen LogP contribution in [0, 0.1) is 5.92 Å². The van der Waals surface area contributed by atoms with E-state index in [1.807, 2.05) is 6.92 Å². The lowest BCUT2D eigenvalue weighted by Crippen LogP contribution is -2.41. The Labute approximate surface area is 163 Å². The SMILES string of the molecule is COCCN(CC(C)C)C(=O)c1ccc(S(=O)(=O)N2CCCCC2C)cc1. The second-order valence-electron chi connectivity index (χ2n) is 7.62. The monoisotopic (exact) mass is 396 g/mol. The summed E-state index contributed by atoms with van der Waals surface area (Å²) in [4.78, 5) is 14.8. The Kier molecular flexibility index (Phi) is 7.82. The molecule has 0 bridgehead atoms. The Hall–Kier alpha value is -1.44. The summed E-state index contributed by atoms with van der Waals surface area (Å²) < 4.78 is 32.5. The zero-order valence-corrected chi connectivity index (χ0v) is 17.7. The number of carbonyl (C=O) groups excluding carboxylic acids is 1. The van der Waals surface area contributed by atoms with Crippen molar-refractivity contribution in [3.8, 4) is 0 Å². The Balaban J connectivity index is 2.18. The maximum atomic E-state index is 12.9. The highest BCUT2D eigenvalue weighted by Gasteiger charge is 2.31. The average Bonchev–Trinajstić information content (AvgIpc) is 2.64. The van der Waals surface area contributed by atoms with Crippen molar-refractivity contribution >= 4 is 15.9 Å². The van der Waals surface area contributed by atoms with Crippen molar-refractivity contribution in [2.24, 2.45) is 5.92 Å². The first-order valence-corrected chi connectivity index (χ1v) is 11.1. The van der Waals surface area contributed by atoms with E-state index in [0.717, 1.165) is 19.3 Å². The number of benzene rings is 1. The molecule has 152 valence electrons. The lowest BCUT2D eigenvalue weighted by atomic mass is 10.1. The molecule has 0 radical (unpaired) electrons. The molecule has 1 aliphatic heterocycles. The van der Waals surface area contributed by atoms with Gasteiger partial charge in [0, 0.05) is 38.3 Å². The molecule has 27 heavy (non-hydrogen) atoms. The fraction of sp³-hybridized carbons (Fsp3) is 0.650. The smallest absolute Gasteiger partial charge is 0.253 e. The van der Waals surface area contributed by atoms with Gasteiger partial charge in [0.15, 0.2) is 0 Å². The Bertz CT molecular complexity index is 716. The molecule has 2 rings (SSSR count). The lowest BCUT2D eigenvalue weighted by Gasteiger charge is -2.32. The van der Waals surface area contributed by atoms with Crippen LogP contribution in [-0.4, -0.2) is 62.9 Å². The fourth-order valence-corrected chi connectivity index (χ4v) is 5.13. The van der Waals surface area contributed by atoms with Crippen molar-refractivity contribution in [1.29, 1.82) is 0 Å². The summed E-state index contributed by atoms with van der Waals surface area (Å²) >= 11 is 0. The van der Waals surface area contributed by atoms with Crippen LogP contribution in [0.15, 0.2) is 29.2 Å². The third-order valence-corrected chi connectivity index (χ3v) is 6.92. The third kappa shape index (κ3) is 5.53. The van der Waals surface area contributed by atoms with Gasteiger partial charge in [-0.25, -0.2) is 8.42 Å². The fourth-order valence-electron chi connectivity index (χ4n) is 3.43. The molecular formula is C20H32N2O4S. The number of hydrogen-bond donors (Lipinski definition) is 0. The molecule has 6 nitrogen and oxygen atoms in total. The van der Waals surface area contributed by atoms with E-state index >= 15 is 0 Å². The molecule has 0 saturated carbocycles. The number of piperidine rings is 1. The normalized spacial score (nSPS) is 18.6. The van der Waals surface area contributed by atoms with Crippen molar-refractivity contribution in [3.05, 3.63) is 29.8 Å². The predicted molar refractivity (Wildman–Crippen MR) is 106 cm³/mol. The molecule has 1 saturated heterocycles. The van der Waals surface area contributed by atoms with Gasteiger partial charge in [0.2, 0.25) is 10.0 Å². The van der Waals surface area contributed by atoms with E-state index in [4.69, 9.17) is 4.74 Å². The summed E-state index contributed by atoms with van der Waals surface area (Å²) in [7, 11) is -1.91. The summed E-state index contributed by atoms with van der Waals surface area (Å²) in [6, 6.07) is 6.34. The Morgan fingerprint density at radius 2 is 1.93 bits per heavy atom. The van der Waals surface area contributed by atoms with Crippen molar-refractivity contribution in [2.75, 3.05) is 33.4 Å². The van der Waals surface area contributed by atoms with Crippen LogP contribution in [0.25, 0.3) is 0 Å². The van der Waals surface area contributed by atoms with E-state index in [0.29, 0.717) is 37.7 Å². The summed E-state index contributed by atoms with van der Waals surface area (Å²) in [5, 5.41) is 0. The van der Waals surface area contributed by atoms with Gasteiger partial charge in [-0.05, 0) is 49.9 Å². The van der Waals surface area contributed by atoms with Crippen LogP contribution in [-0.2, 0) is 14.8 Å². The van der Waals surface area contributed by atoms with Gasteiger partial charge in [0.1, 0.15) is 0 Å². The molecule has 1 aromatic carbocycles. The van der Waals surface area contributed by atoms with Crippen molar-refractivity contribution in [1.82, 2.24) is 9.21 Å². The molecular weight excluding hydrogens is 364 g/mol. The van der Waals surface area contributed by atoms with Gasteiger partial charge in [-0.15, -0.1) is 0 Å². The number of methoxy groups -OCH3 is 1. The molecule has 1 amide bonds. The second kappa shape index (κ2) is 9.66. The average molecular weight is 397 g/mol. The van der Waals surface area contributed by atoms with Gasteiger partial charge in [0.25, 0.3) is 5.91 Å². The molecule has 1 heterocycles. The largest absolute Gasteiger partial charge is 0.383 e. The number of sulfonamides is 1. The molecule has 1 aliphatic rings. The molecule has 0 aromatic heterocycles. The van der Waals surface area contributed by atoms with E-state index in [1.54, 1.807) is 40.6 Å². The first-order chi connectivity index (χ1) is 12.8. The molecule has 0 N–H and O–H groups in total. The van der Waals surface area contributed by atoms with Crippen LogP contribution in [0.3, 0.4) is 0 Å². The first-order valence-electron chi connectivity index (χ1n) is 9.67. The predicted octanol–water partition coefficient (Wildman–Crippen LogP) is 2.99. The number of rotatable bonds is 8. The van der Waals surface area contributed by atoms with E-state index in [-0.39, 0.29) is 16.8 Å². The van der Waals surface area contributed by atoms with Crippen LogP contribution >= 0.6 is 0 Å². The number of amides is 1. The van der Waals surface area contributed by atoms with Gasteiger partial charge >= 0.3 is 0 Å². The topological polar surface area (TPSA) is 66.9 Å². The minimum absolute atomic E-state index is 0.0145. The Morgan fingerprint density at radius 1 is 1.26 bits per heavy atom. The van der Waals surface area contributed by atoms with Crippen molar-refractivity contribution in [2.45, 2.75) is 51.0 Å². The standard InChI is InChI=1S/C20H32N2O4S/c1-16(2)15-21(13-14-26-4)20(23)18-8-10-19(11-9-18)27(24,25)22-12-6-5-7-17(22)3/h8-11,16-17H,5-7,12-15H2,1-4H3. The number of hydrogen-bond acceptors (Lipinski definition) is 4. The van der Waals surface area contributed by atoms with Crippen LogP contribution in [0.4, 0.5) is 0 Å². The van der Waals surface area contributed by atoms with E-state index in [2.05, 4.69) is 13.8 Å². The van der Waals surface area contributed by atoms with E-state index in [9.17, 15) is 13.2 Å². The summed E-state index contributed by atoms with van der Waals surface area (Å²) in [6.45, 7) is 8.24. The molecule has 7 heteroatoms. The lowest BCUT2D eigenvalue weighted by molar-refractivity contribution is 0.0672. The van der Waals surface area contributed by atoms with Crippen LogP contribution in [0.2, 0.25) is 0 Å². The van der Waals surface area contributed by atoms with Crippen LogP contribution < -0.4 is 0 Å². The van der Waals surface area contributed by atoms with Gasteiger partial charge in [-0.3, -0.25) is 4.79 Å². The van der Waals surface area contributed by atoms with Gasteiger partial charge in [-0.2, -0.15) is 4.31 Å². The maximum absolute atomic E-state index is 12.9. The van der Waals surface area contributed by atoms with Gasteiger partial charge in [-0.1, -0.05) is 20.3 Å². The number of ether oxygens (including phenoxy) is 1. The molecule has 1 aromatic rings. The minimum Gasteiger partial charge on any atom is -0.383 e. The molecule has 1 atom stereocenters. The quantitative estimate of drug-likeness (QED) is 0.677. The second-order valence-corrected chi connectivity index (χ2v) is 9.51. The summed E-state index contributed by atoms with van der Waals surface area (Å²) in [5.41, 5.74) is 0.498. The van der Waals surface area contributed by atoms with E-state index < -0.39 is 10.0 Å². The van der Waals surface area contributed by atoms with Crippen LogP contribution in [0.5, 0.6) is 0 Å². The van der Waals surface area contributed by atoms with E-state index in [1.165, 1.54) is 0 Å². The highest BCUT2D eigenvalue weighted by Crippen LogP contribution is 2.25. The minimum atomic E-state index is -3.52. The van der Waals surface area contributed by atoms with Gasteiger partial charge < -0.3 is 9.64 Å². The van der Waals surface area contributed by atoms with Crippen molar-refractivity contribution < 1.29 is 17.9 Å². The number of carbonyl (C=O) groups is 1. The highest BCUT2D eigenvalue weighted by molar-refractivity contribution is 7.89. The molecule has 0 spiro atoms. The number of nitrogens with zero attached hydrogens (tertiary/aromatic N) is 2. The zero-order valence-electron chi connectivity index (χ0n) is 16.8. The molecule has 1 fully saturated rings. The highest BCUT2D eigenvalue weighted by atomic mass is 32.2. The Morgan fingerprint density at radius 3 is 2.48 bits per heavy atom. The van der Waals surface area contributed by atoms with Crippen LogP contribution in [0.1, 0.15) is 50.4 Å². The first kappa shape index (κ1) is 21.9. The zero-order chi connectivity index (χ0) is 20.0. The summed E-state index contributed by atoms with van der Waals surface area (Å²) in [6.07, 6.45) is 2.84. The molecule has 1 unspecified atom stereocenters.